The van der Waals surface area contributed by atoms with Gasteiger partial charge in [-0.1, -0.05) is 26.0 Å². The van der Waals surface area contributed by atoms with Gasteiger partial charge in [0, 0.05) is 0 Å². The predicted molar refractivity (Wildman–Crippen MR) is 92.2 cm³/mol. The van der Waals surface area contributed by atoms with Crippen molar-refractivity contribution in [2.24, 2.45) is 5.92 Å². The third-order valence-corrected chi connectivity index (χ3v) is 3.65. The molecule has 1 aromatic carbocycles. The van der Waals surface area contributed by atoms with Crippen molar-refractivity contribution < 1.29 is 9.53 Å². The summed E-state index contributed by atoms with van der Waals surface area (Å²) in [7, 11) is 0. The normalized spacial score (nSPS) is 12.3. The molecular formula is C17H23N3O4. The number of hydrogen-bond acceptors (Lipinski definition) is 4. The zero-order valence-corrected chi connectivity index (χ0v) is 14.2. The number of nitrogens with zero attached hydrogens (tertiary/aromatic N) is 1. The van der Waals surface area contributed by atoms with E-state index >= 15 is 0 Å². The topological polar surface area (TPSA) is 93.2 Å². The number of carbonyl (C=O) groups excluding carboxylic acids is 1. The molecule has 0 aliphatic heterocycles. The summed E-state index contributed by atoms with van der Waals surface area (Å²) in [5.74, 6) is 0.284. The SMILES string of the molecule is CCOC(=O)N[C@H](CC(C)C)Cn1c(=O)[nH]c2ccccc2c1=O. The van der Waals surface area contributed by atoms with Crippen molar-refractivity contribution in [2.45, 2.75) is 39.8 Å². The van der Waals surface area contributed by atoms with Gasteiger partial charge in [0.05, 0.1) is 30.1 Å². The van der Waals surface area contributed by atoms with Gasteiger partial charge < -0.3 is 15.0 Å². The summed E-state index contributed by atoms with van der Waals surface area (Å²) in [4.78, 5) is 39.2. The van der Waals surface area contributed by atoms with Gasteiger partial charge in [0.1, 0.15) is 0 Å². The number of H-pyrrole nitrogens is 1. The highest BCUT2D eigenvalue weighted by Crippen LogP contribution is 2.08. The Morgan fingerprint density at radius 3 is 2.67 bits per heavy atom. The number of benzene rings is 1. The van der Waals surface area contributed by atoms with E-state index in [0.29, 0.717) is 17.3 Å². The maximum absolute atomic E-state index is 12.6. The van der Waals surface area contributed by atoms with Crippen LogP contribution in [-0.2, 0) is 11.3 Å². The van der Waals surface area contributed by atoms with Crippen LogP contribution in [0.4, 0.5) is 4.79 Å². The Hall–Kier alpha value is -2.57. The quantitative estimate of drug-likeness (QED) is 0.844. The van der Waals surface area contributed by atoms with Crippen LogP contribution in [-0.4, -0.2) is 28.3 Å². The highest BCUT2D eigenvalue weighted by molar-refractivity contribution is 5.76. The summed E-state index contributed by atoms with van der Waals surface area (Å²) in [6, 6.07) is 6.48. The average molecular weight is 333 g/mol. The number of nitrogens with one attached hydrogen (secondary N) is 2. The molecule has 7 nitrogen and oxygen atoms in total. The minimum Gasteiger partial charge on any atom is -0.450 e. The van der Waals surface area contributed by atoms with E-state index in [2.05, 4.69) is 10.3 Å². The lowest BCUT2D eigenvalue weighted by atomic mass is 10.0. The number of carbonyl (C=O) groups is 1. The molecule has 130 valence electrons. The van der Waals surface area contributed by atoms with E-state index in [9.17, 15) is 14.4 Å². The van der Waals surface area contributed by atoms with Crippen LogP contribution in [0.3, 0.4) is 0 Å². The first-order valence-electron chi connectivity index (χ1n) is 8.07. The van der Waals surface area contributed by atoms with Gasteiger partial charge in [-0.25, -0.2) is 9.59 Å². The van der Waals surface area contributed by atoms with Crippen molar-refractivity contribution in [2.75, 3.05) is 6.61 Å². The van der Waals surface area contributed by atoms with Crippen LogP contribution < -0.4 is 16.6 Å². The highest BCUT2D eigenvalue weighted by Gasteiger charge is 2.18. The van der Waals surface area contributed by atoms with Gasteiger partial charge in [0.15, 0.2) is 0 Å². The molecule has 0 bridgehead atoms. The second kappa shape index (κ2) is 7.81. The van der Waals surface area contributed by atoms with Gasteiger partial charge >= 0.3 is 11.8 Å². The Morgan fingerprint density at radius 2 is 2.00 bits per heavy atom. The number of alkyl carbamates (subject to hydrolysis) is 1. The number of fused-ring (bicyclic) bond motifs is 1. The van der Waals surface area contributed by atoms with E-state index in [4.69, 9.17) is 4.74 Å². The fraction of sp³-hybridized carbons (Fsp3) is 0.471. The molecule has 2 N–H and O–H groups in total. The van der Waals surface area contributed by atoms with Crippen molar-refractivity contribution in [1.29, 1.82) is 0 Å². The molecule has 0 fully saturated rings. The van der Waals surface area contributed by atoms with Crippen LogP contribution in [0.25, 0.3) is 10.9 Å². The summed E-state index contributed by atoms with van der Waals surface area (Å²) in [5.41, 5.74) is -0.352. The smallest absolute Gasteiger partial charge is 0.407 e. The first kappa shape index (κ1) is 17.8. The number of rotatable bonds is 6. The van der Waals surface area contributed by atoms with Crippen molar-refractivity contribution >= 4 is 17.0 Å². The van der Waals surface area contributed by atoms with Crippen LogP contribution in [0.2, 0.25) is 0 Å². The molecule has 2 rings (SSSR count). The van der Waals surface area contributed by atoms with E-state index in [1.807, 2.05) is 13.8 Å². The zero-order valence-electron chi connectivity index (χ0n) is 14.2. The number of aromatic nitrogens is 2. The van der Waals surface area contributed by atoms with Gasteiger partial charge in [-0.15, -0.1) is 0 Å². The molecule has 0 saturated heterocycles. The number of amides is 1. The molecule has 1 aromatic heterocycles. The number of aromatic amines is 1. The second-order valence-electron chi connectivity index (χ2n) is 6.08. The molecule has 1 amide bonds. The summed E-state index contributed by atoms with van der Waals surface area (Å²) < 4.78 is 6.03. The molecule has 0 aliphatic carbocycles. The summed E-state index contributed by atoms with van der Waals surface area (Å²) in [6.07, 6.45) is 0.0748. The van der Waals surface area contributed by atoms with Gasteiger partial charge in [0.25, 0.3) is 5.56 Å². The number of ether oxygens (including phenoxy) is 1. The van der Waals surface area contributed by atoms with Crippen LogP contribution in [0.5, 0.6) is 0 Å². The standard InChI is InChI=1S/C17H23N3O4/c1-4-24-17(23)18-12(9-11(2)3)10-20-15(21)13-7-5-6-8-14(13)19-16(20)22/h5-8,11-12H,4,9-10H2,1-3H3,(H,18,23)(H,19,22)/t12-/m1/s1. The van der Waals surface area contributed by atoms with Gasteiger partial charge in [-0.3, -0.25) is 9.36 Å². The summed E-state index contributed by atoms with van der Waals surface area (Å²) in [6.45, 7) is 6.09. The molecule has 2 aromatic rings. The van der Waals surface area contributed by atoms with Gasteiger partial charge in [-0.2, -0.15) is 0 Å². The van der Waals surface area contributed by atoms with E-state index < -0.39 is 11.8 Å². The molecule has 0 spiro atoms. The average Bonchev–Trinajstić information content (AvgIpc) is 2.51. The van der Waals surface area contributed by atoms with Crippen LogP contribution in [0, 0.1) is 5.92 Å². The fourth-order valence-corrected chi connectivity index (χ4v) is 2.67. The molecular weight excluding hydrogens is 310 g/mol. The third-order valence-electron chi connectivity index (χ3n) is 3.65. The zero-order chi connectivity index (χ0) is 17.7. The van der Waals surface area contributed by atoms with Crippen LogP contribution in [0.1, 0.15) is 27.2 Å². The number of hydrogen-bond donors (Lipinski definition) is 2. The minimum atomic E-state index is -0.548. The molecule has 1 atom stereocenters. The molecule has 0 saturated carbocycles. The van der Waals surface area contributed by atoms with Crippen LogP contribution in [0.15, 0.2) is 33.9 Å². The summed E-state index contributed by atoms with van der Waals surface area (Å²) in [5, 5.41) is 3.17. The lowest BCUT2D eigenvalue weighted by Crippen LogP contribution is -2.45. The molecule has 7 heteroatoms. The highest BCUT2D eigenvalue weighted by atomic mass is 16.5. The Bertz CT molecular complexity index is 822. The lowest BCUT2D eigenvalue weighted by Gasteiger charge is -2.21. The van der Waals surface area contributed by atoms with E-state index in [1.165, 1.54) is 0 Å². The van der Waals surface area contributed by atoms with Crippen molar-refractivity contribution in [1.82, 2.24) is 14.9 Å². The largest absolute Gasteiger partial charge is 0.450 e. The van der Waals surface area contributed by atoms with Crippen LogP contribution >= 0.6 is 0 Å². The van der Waals surface area contributed by atoms with E-state index in [-0.39, 0.29) is 30.7 Å². The van der Waals surface area contributed by atoms with E-state index in [1.54, 1.807) is 31.2 Å². The van der Waals surface area contributed by atoms with E-state index in [0.717, 1.165) is 4.57 Å². The first-order valence-corrected chi connectivity index (χ1v) is 8.07. The minimum absolute atomic E-state index is 0.0932. The predicted octanol–water partition coefficient (Wildman–Crippen LogP) is 1.85. The maximum Gasteiger partial charge on any atom is 0.407 e. The van der Waals surface area contributed by atoms with Crippen molar-refractivity contribution in [3.05, 3.63) is 45.1 Å². The molecule has 0 radical (unpaired) electrons. The Morgan fingerprint density at radius 1 is 1.29 bits per heavy atom. The van der Waals surface area contributed by atoms with Crippen molar-refractivity contribution in [3.63, 3.8) is 0 Å². The molecule has 0 unspecified atom stereocenters. The Balaban J connectivity index is 2.34. The molecule has 24 heavy (non-hydrogen) atoms. The number of para-hydroxylation sites is 1. The fourth-order valence-electron chi connectivity index (χ4n) is 2.67. The molecule has 0 aliphatic rings. The first-order chi connectivity index (χ1) is 11.4. The lowest BCUT2D eigenvalue weighted by molar-refractivity contribution is 0.145. The third kappa shape index (κ3) is 4.24. The molecule has 1 heterocycles. The Labute approximate surface area is 139 Å². The summed E-state index contributed by atoms with van der Waals surface area (Å²) >= 11 is 0. The van der Waals surface area contributed by atoms with Crippen molar-refractivity contribution in [3.8, 4) is 0 Å². The van der Waals surface area contributed by atoms with Gasteiger partial charge in [-0.05, 0) is 31.4 Å². The Kier molecular flexibility index (Phi) is 5.78. The second-order valence-corrected chi connectivity index (χ2v) is 6.08. The monoisotopic (exact) mass is 333 g/mol. The van der Waals surface area contributed by atoms with Gasteiger partial charge in [0.2, 0.25) is 0 Å². The maximum atomic E-state index is 12.6.